The molecule has 0 aliphatic rings. The molecule has 0 spiro atoms. The van der Waals surface area contributed by atoms with Crippen LogP contribution in [0.15, 0.2) is 30.3 Å². The van der Waals surface area contributed by atoms with E-state index in [1.165, 1.54) is 38.9 Å². The van der Waals surface area contributed by atoms with E-state index in [1.54, 1.807) is 0 Å². The fourth-order valence-corrected chi connectivity index (χ4v) is 6.69. The molecule has 0 aliphatic carbocycles. The Morgan fingerprint density at radius 1 is 0.750 bits per heavy atom. The second-order valence-corrected chi connectivity index (χ2v) is 10.9. The standard InChI is InChI=1S/C22H32NP/c1-14(2)24(15(3)4)21-13-16(5)9-10-20(21)23-22-18(7)11-17(6)12-19(22)8/h9-15,23H,1-8H3. The lowest BCUT2D eigenvalue weighted by atomic mass is 10.0. The molecule has 1 nitrogen and oxygen atoms in total. The summed E-state index contributed by atoms with van der Waals surface area (Å²) in [5.74, 6) is 0. The van der Waals surface area contributed by atoms with E-state index in [9.17, 15) is 0 Å². The smallest absolute Gasteiger partial charge is 0.0462 e. The van der Waals surface area contributed by atoms with Gasteiger partial charge in [0.1, 0.15) is 0 Å². The van der Waals surface area contributed by atoms with Crippen molar-refractivity contribution in [3.63, 3.8) is 0 Å². The van der Waals surface area contributed by atoms with Crippen LogP contribution in [0.5, 0.6) is 0 Å². The van der Waals surface area contributed by atoms with E-state index in [4.69, 9.17) is 0 Å². The molecule has 0 saturated carbocycles. The van der Waals surface area contributed by atoms with Crippen LogP contribution in [0, 0.1) is 27.7 Å². The van der Waals surface area contributed by atoms with Crippen LogP contribution in [0.2, 0.25) is 0 Å². The average Bonchev–Trinajstić information content (AvgIpc) is 2.43. The van der Waals surface area contributed by atoms with Gasteiger partial charge in [0.2, 0.25) is 0 Å². The Balaban J connectivity index is 2.52. The van der Waals surface area contributed by atoms with Crippen molar-refractivity contribution in [1.29, 1.82) is 0 Å². The Morgan fingerprint density at radius 2 is 1.29 bits per heavy atom. The average molecular weight is 341 g/mol. The number of benzene rings is 2. The maximum atomic E-state index is 3.77. The zero-order valence-corrected chi connectivity index (χ0v) is 17.4. The van der Waals surface area contributed by atoms with Gasteiger partial charge in [-0.1, -0.05) is 64.9 Å². The highest BCUT2D eigenvalue weighted by Gasteiger charge is 2.22. The molecule has 0 aliphatic heterocycles. The fraction of sp³-hybridized carbons (Fsp3) is 0.455. The van der Waals surface area contributed by atoms with E-state index >= 15 is 0 Å². The molecule has 2 rings (SSSR count). The van der Waals surface area contributed by atoms with Crippen LogP contribution in [0.1, 0.15) is 49.9 Å². The molecule has 0 radical (unpaired) electrons. The molecule has 0 bridgehead atoms. The first-order valence-corrected chi connectivity index (χ1v) is 10.4. The van der Waals surface area contributed by atoms with Crippen LogP contribution in [-0.4, -0.2) is 11.3 Å². The van der Waals surface area contributed by atoms with Gasteiger partial charge in [-0.15, -0.1) is 0 Å². The Hall–Kier alpha value is -1.33. The summed E-state index contributed by atoms with van der Waals surface area (Å²) in [4.78, 5) is 0. The number of nitrogens with one attached hydrogen (secondary N) is 1. The minimum atomic E-state index is -0.195. The molecule has 2 aromatic rings. The largest absolute Gasteiger partial charge is 0.355 e. The van der Waals surface area contributed by atoms with Gasteiger partial charge in [0.05, 0.1) is 0 Å². The van der Waals surface area contributed by atoms with Gasteiger partial charge in [-0.05, 0) is 62.3 Å². The summed E-state index contributed by atoms with van der Waals surface area (Å²) >= 11 is 0. The first kappa shape index (κ1) is 19.0. The van der Waals surface area contributed by atoms with Gasteiger partial charge in [-0.25, -0.2) is 0 Å². The fourth-order valence-electron chi connectivity index (χ4n) is 3.63. The highest BCUT2D eigenvalue weighted by Crippen LogP contribution is 2.47. The predicted molar refractivity (Wildman–Crippen MR) is 112 cm³/mol. The normalized spacial score (nSPS) is 11.6. The van der Waals surface area contributed by atoms with Crippen molar-refractivity contribution >= 4 is 24.6 Å². The quantitative estimate of drug-likeness (QED) is 0.605. The lowest BCUT2D eigenvalue weighted by Crippen LogP contribution is -2.19. The van der Waals surface area contributed by atoms with Crippen LogP contribution in [0.25, 0.3) is 0 Å². The highest BCUT2D eigenvalue weighted by molar-refractivity contribution is 7.67. The monoisotopic (exact) mass is 341 g/mol. The SMILES string of the molecule is Cc1cc(C)c(Nc2ccc(C)cc2P(C(C)C)C(C)C)c(C)c1. The van der Waals surface area contributed by atoms with Crippen LogP contribution in [0.3, 0.4) is 0 Å². The van der Waals surface area contributed by atoms with Crippen molar-refractivity contribution in [3.05, 3.63) is 52.6 Å². The first-order valence-electron chi connectivity index (χ1n) is 8.94. The minimum Gasteiger partial charge on any atom is -0.355 e. The van der Waals surface area contributed by atoms with E-state index in [2.05, 4.69) is 91.0 Å². The lowest BCUT2D eigenvalue weighted by Gasteiger charge is -2.29. The zero-order valence-electron chi connectivity index (χ0n) is 16.5. The highest BCUT2D eigenvalue weighted by atomic mass is 31.1. The van der Waals surface area contributed by atoms with Gasteiger partial charge in [0.25, 0.3) is 0 Å². The summed E-state index contributed by atoms with van der Waals surface area (Å²) in [7, 11) is -0.195. The minimum absolute atomic E-state index is 0.195. The molecule has 2 heteroatoms. The maximum absolute atomic E-state index is 3.77. The van der Waals surface area contributed by atoms with Crippen LogP contribution < -0.4 is 10.6 Å². The summed E-state index contributed by atoms with van der Waals surface area (Å²) in [5, 5.41) is 5.28. The van der Waals surface area contributed by atoms with Crippen molar-refractivity contribution in [1.82, 2.24) is 0 Å². The van der Waals surface area contributed by atoms with Crippen LogP contribution in [0.4, 0.5) is 11.4 Å². The third-order valence-electron chi connectivity index (χ3n) is 4.48. The molecular formula is C22H32NP. The van der Waals surface area contributed by atoms with Gasteiger partial charge in [0.15, 0.2) is 0 Å². The van der Waals surface area contributed by atoms with Crippen molar-refractivity contribution < 1.29 is 0 Å². The van der Waals surface area contributed by atoms with Gasteiger partial charge in [-0.3, -0.25) is 0 Å². The Kier molecular flexibility index (Phi) is 6.10. The number of rotatable bonds is 5. The third kappa shape index (κ3) is 4.19. The summed E-state index contributed by atoms with van der Waals surface area (Å²) in [5.41, 5.74) is 9.21. The maximum Gasteiger partial charge on any atom is 0.0462 e. The van der Waals surface area contributed by atoms with E-state index in [0.717, 1.165) is 0 Å². The molecule has 0 saturated heterocycles. The zero-order chi connectivity index (χ0) is 18.0. The molecule has 0 unspecified atom stereocenters. The van der Waals surface area contributed by atoms with Crippen LogP contribution in [-0.2, 0) is 0 Å². The molecule has 0 heterocycles. The molecule has 2 aromatic carbocycles. The molecule has 0 aromatic heterocycles. The summed E-state index contributed by atoms with van der Waals surface area (Å²) in [6.45, 7) is 18.2. The third-order valence-corrected chi connectivity index (χ3v) is 7.63. The van der Waals surface area contributed by atoms with Gasteiger partial charge in [-0.2, -0.15) is 0 Å². The van der Waals surface area contributed by atoms with Gasteiger partial charge in [0, 0.05) is 16.7 Å². The number of aryl methyl sites for hydroxylation is 4. The van der Waals surface area contributed by atoms with Crippen molar-refractivity contribution in [3.8, 4) is 0 Å². The first-order chi connectivity index (χ1) is 11.2. The van der Waals surface area contributed by atoms with E-state index < -0.39 is 0 Å². The molecule has 24 heavy (non-hydrogen) atoms. The molecule has 0 amide bonds. The number of anilines is 2. The van der Waals surface area contributed by atoms with Crippen LogP contribution >= 0.6 is 7.92 Å². The predicted octanol–water partition coefficient (Wildman–Crippen LogP) is 6.59. The molecule has 130 valence electrons. The summed E-state index contributed by atoms with van der Waals surface area (Å²) in [6.07, 6.45) is 0. The summed E-state index contributed by atoms with van der Waals surface area (Å²) < 4.78 is 0. The van der Waals surface area contributed by atoms with E-state index in [0.29, 0.717) is 11.3 Å². The van der Waals surface area contributed by atoms with E-state index in [-0.39, 0.29) is 7.92 Å². The number of hydrogen-bond donors (Lipinski definition) is 1. The molecule has 1 N–H and O–H groups in total. The molecule has 0 atom stereocenters. The van der Waals surface area contributed by atoms with Crippen molar-refractivity contribution in [2.24, 2.45) is 0 Å². The summed E-state index contributed by atoms with van der Waals surface area (Å²) in [6, 6.07) is 11.4. The lowest BCUT2D eigenvalue weighted by molar-refractivity contribution is 1.02. The molecular weight excluding hydrogens is 309 g/mol. The molecule has 0 fully saturated rings. The Labute approximate surface area is 149 Å². The Bertz CT molecular complexity index is 685. The topological polar surface area (TPSA) is 12.0 Å². The Morgan fingerprint density at radius 3 is 1.79 bits per heavy atom. The van der Waals surface area contributed by atoms with Crippen molar-refractivity contribution in [2.75, 3.05) is 5.32 Å². The van der Waals surface area contributed by atoms with Gasteiger partial charge < -0.3 is 5.32 Å². The van der Waals surface area contributed by atoms with Crippen molar-refractivity contribution in [2.45, 2.75) is 66.7 Å². The second-order valence-electron chi connectivity index (χ2n) is 7.51. The number of hydrogen-bond acceptors (Lipinski definition) is 1. The second kappa shape index (κ2) is 7.70. The van der Waals surface area contributed by atoms with E-state index in [1.807, 2.05) is 0 Å². The van der Waals surface area contributed by atoms with Gasteiger partial charge >= 0.3 is 0 Å².